The number of aromatic nitrogens is 2. The molecule has 0 spiro atoms. The first-order valence-corrected chi connectivity index (χ1v) is 6.01. The minimum absolute atomic E-state index is 0.392. The van der Waals surface area contributed by atoms with Crippen molar-refractivity contribution in [1.29, 1.82) is 0 Å². The Morgan fingerprint density at radius 1 is 1.29 bits per heavy atom. The quantitative estimate of drug-likeness (QED) is 0.826. The van der Waals surface area contributed by atoms with E-state index in [0.29, 0.717) is 12.0 Å². The summed E-state index contributed by atoms with van der Waals surface area (Å²) in [7, 11) is 2.01. The predicted molar refractivity (Wildman–Crippen MR) is 70.0 cm³/mol. The van der Waals surface area contributed by atoms with E-state index in [1.165, 1.54) is 5.56 Å². The van der Waals surface area contributed by atoms with Crippen molar-refractivity contribution in [2.24, 2.45) is 0 Å². The third-order valence-corrected chi connectivity index (χ3v) is 3.27. The van der Waals surface area contributed by atoms with Gasteiger partial charge in [0.25, 0.3) is 0 Å². The summed E-state index contributed by atoms with van der Waals surface area (Å²) in [6.45, 7) is 2.25. The molecule has 0 aliphatic rings. The summed E-state index contributed by atoms with van der Waals surface area (Å²) in [6, 6.07) is 11.0. The molecular weight excluding hydrogens is 210 g/mol. The Hall–Kier alpha value is -1.61. The number of nitrogens with zero attached hydrogens (tertiary/aromatic N) is 1. The predicted octanol–water partition coefficient (Wildman–Crippen LogP) is 2.34. The molecule has 2 atom stereocenters. The zero-order chi connectivity index (χ0) is 12.1. The van der Waals surface area contributed by atoms with Crippen LogP contribution in [0.3, 0.4) is 0 Å². The number of nitrogens with one attached hydrogen (secondary N) is 2. The molecule has 0 aliphatic carbocycles. The summed E-state index contributed by atoms with van der Waals surface area (Å²) < 4.78 is 0. The van der Waals surface area contributed by atoms with Gasteiger partial charge in [0.1, 0.15) is 5.82 Å². The van der Waals surface area contributed by atoms with Crippen LogP contribution in [0.15, 0.2) is 42.7 Å². The second kappa shape index (κ2) is 5.64. The van der Waals surface area contributed by atoms with Gasteiger partial charge in [-0.1, -0.05) is 37.3 Å². The summed E-state index contributed by atoms with van der Waals surface area (Å²) in [5, 5.41) is 3.38. The SMILES string of the molecule is CNC(Cc1ncc[nH]1)C(C)c1ccccc1. The Labute approximate surface area is 102 Å². The highest BCUT2D eigenvalue weighted by atomic mass is 14.9. The van der Waals surface area contributed by atoms with Crippen LogP contribution in [-0.2, 0) is 6.42 Å². The second-order valence-electron chi connectivity index (χ2n) is 4.33. The first-order valence-electron chi connectivity index (χ1n) is 6.01. The fraction of sp³-hybridized carbons (Fsp3) is 0.357. The third kappa shape index (κ3) is 2.94. The summed E-state index contributed by atoms with van der Waals surface area (Å²) in [5.74, 6) is 1.50. The van der Waals surface area contributed by atoms with Crippen molar-refractivity contribution in [2.45, 2.75) is 25.3 Å². The normalized spacial score (nSPS) is 14.5. The van der Waals surface area contributed by atoms with Crippen molar-refractivity contribution in [1.82, 2.24) is 15.3 Å². The average molecular weight is 229 g/mol. The molecule has 0 bridgehead atoms. The van der Waals surface area contributed by atoms with E-state index in [-0.39, 0.29) is 0 Å². The van der Waals surface area contributed by atoms with Gasteiger partial charge in [-0.3, -0.25) is 0 Å². The van der Waals surface area contributed by atoms with Gasteiger partial charge in [-0.05, 0) is 18.5 Å². The molecule has 2 N–H and O–H groups in total. The Bertz CT molecular complexity index is 422. The number of aromatic amines is 1. The van der Waals surface area contributed by atoms with E-state index in [2.05, 4.69) is 52.5 Å². The maximum atomic E-state index is 4.28. The van der Waals surface area contributed by atoms with E-state index in [1.54, 1.807) is 6.20 Å². The molecule has 2 rings (SSSR count). The Morgan fingerprint density at radius 3 is 2.65 bits per heavy atom. The van der Waals surface area contributed by atoms with Gasteiger partial charge < -0.3 is 10.3 Å². The van der Waals surface area contributed by atoms with Crippen LogP contribution in [0.2, 0.25) is 0 Å². The topological polar surface area (TPSA) is 40.7 Å². The summed E-state index contributed by atoms with van der Waals surface area (Å²) in [4.78, 5) is 7.44. The molecule has 1 aromatic carbocycles. The number of rotatable bonds is 5. The van der Waals surface area contributed by atoms with Crippen molar-refractivity contribution in [3.05, 3.63) is 54.1 Å². The van der Waals surface area contributed by atoms with Crippen LogP contribution < -0.4 is 5.32 Å². The van der Waals surface area contributed by atoms with Crippen LogP contribution in [0.1, 0.15) is 24.2 Å². The third-order valence-electron chi connectivity index (χ3n) is 3.27. The fourth-order valence-corrected chi connectivity index (χ4v) is 2.14. The van der Waals surface area contributed by atoms with Crippen molar-refractivity contribution in [3.63, 3.8) is 0 Å². The lowest BCUT2D eigenvalue weighted by atomic mass is 9.91. The zero-order valence-corrected chi connectivity index (χ0v) is 10.4. The molecule has 0 aliphatic heterocycles. The van der Waals surface area contributed by atoms with Gasteiger partial charge in [0.05, 0.1) is 0 Å². The van der Waals surface area contributed by atoms with Gasteiger partial charge in [0, 0.05) is 24.9 Å². The first-order chi connectivity index (χ1) is 8.31. The highest BCUT2D eigenvalue weighted by molar-refractivity contribution is 5.21. The van der Waals surface area contributed by atoms with Gasteiger partial charge in [-0.15, -0.1) is 0 Å². The second-order valence-corrected chi connectivity index (χ2v) is 4.33. The molecule has 2 unspecified atom stereocenters. The number of hydrogen-bond acceptors (Lipinski definition) is 2. The van der Waals surface area contributed by atoms with Crippen molar-refractivity contribution >= 4 is 0 Å². The molecule has 1 heterocycles. The Balaban J connectivity index is 2.08. The van der Waals surface area contributed by atoms with E-state index in [4.69, 9.17) is 0 Å². The molecule has 0 amide bonds. The lowest BCUT2D eigenvalue weighted by molar-refractivity contribution is 0.475. The maximum absolute atomic E-state index is 4.28. The summed E-state index contributed by atoms with van der Waals surface area (Å²) in [5.41, 5.74) is 1.36. The molecule has 3 heteroatoms. The average Bonchev–Trinajstić information content (AvgIpc) is 2.89. The Morgan fingerprint density at radius 2 is 2.06 bits per heavy atom. The van der Waals surface area contributed by atoms with Crippen molar-refractivity contribution < 1.29 is 0 Å². The van der Waals surface area contributed by atoms with Gasteiger partial charge in [0.15, 0.2) is 0 Å². The number of hydrogen-bond donors (Lipinski definition) is 2. The minimum atomic E-state index is 0.392. The van der Waals surface area contributed by atoms with Crippen LogP contribution in [0, 0.1) is 0 Å². The van der Waals surface area contributed by atoms with E-state index in [1.807, 2.05) is 13.2 Å². The molecule has 17 heavy (non-hydrogen) atoms. The highest BCUT2D eigenvalue weighted by Crippen LogP contribution is 2.20. The molecule has 0 saturated carbocycles. The van der Waals surface area contributed by atoms with Crippen LogP contribution in [0.4, 0.5) is 0 Å². The van der Waals surface area contributed by atoms with Crippen LogP contribution in [-0.4, -0.2) is 23.1 Å². The van der Waals surface area contributed by atoms with E-state index in [0.717, 1.165) is 12.2 Å². The maximum Gasteiger partial charge on any atom is 0.107 e. The standard InChI is InChI=1S/C14H19N3/c1-11(12-6-4-3-5-7-12)13(15-2)10-14-16-8-9-17-14/h3-9,11,13,15H,10H2,1-2H3,(H,16,17). The Kier molecular flexibility index (Phi) is 3.94. The lowest BCUT2D eigenvalue weighted by Gasteiger charge is -2.23. The molecule has 0 fully saturated rings. The van der Waals surface area contributed by atoms with Gasteiger partial charge in [-0.2, -0.15) is 0 Å². The molecule has 0 saturated heterocycles. The molecule has 2 aromatic rings. The lowest BCUT2D eigenvalue weighted by Crippen LogP contribution is -2.33. The number of benzene rings is 1. The molecular formula is C14H19N3. The van der Waals surface area contributed by atoms with Crippen LogP contribution in [0.25, 0.3) is 0 Å². The number of H-pyrrole nitrogens is 1. The van der Waals surface area contributed by atoms with E-state index in [9.17, 15) is 0 Å². The monoisotopic (exact) mass is 229 g/mol. The van der Waals surface area contributed by atoms with E-state index < -0.39 is 0 Å². The smallest absolute Gasteiger partial charge is 0.107 e. The van der Waals surface area contributed by atoms with Crippen LogP contribution >= 0.6 is 0 Å². The van der Waals surface area contributed by atoms with Gasteiger partial charge >= 0.3 is 0 Å². The molecule has 3 nitrogen and oxygen atoms in total. The van der Waals surface area contributed by atoms with Gasteiger partial charge in [0.2, 0.25) is 0 Å². The highest BCUT2D eigenvalue weighted by Gasteiger charge is 2.18. The van der Waals surface area contributed by atoms with Gasteiger partial charge in [-0.25, -0.2) is 4.98 Å². The molecule has 1 aromatic heterocycles. The molecule has 90 valence electrons. The first kappa shape index (κ1) is 11.9. The zero-order valence-electron chi connectivity index (χ0n) is 10.4. The van der Waals surface area contributed by atoms with Crippen molar-refractivity contribution in [3.8, 4) is 0 Å². The largest absolute Gasteiger partial charge is 0.349 e. The van der Waals surface area contributed by atoms with E-state index >= 15 is 0 Å². The minimum Gasteiger partial charge on any atom is -0.349 e. The summed E-state index contributed by atoms with van der Waals surface area (Å²) >= 11 is 0. The fourth-order valence-electron chi connectivity index (χ4n) is 2.14. The molecule has 0 radical (unpaired) electrons. The summed E-state index contributed by atoms with van der Waals surface area (Å²) in [6.07, 6.45) is 4.59. The number of likely N-dealkylation sites (N-methyl/N-ethyl adjacent to an activating group) is 1. The number of imidazole rings is 1. The van der Waals surface area contributed by atoms with Crippen LogP contribution in [0.5, 0.6) is 0 Å². The van der Waals surface area contributed by atoms with Crippen molar-refractivity contribution in [2.75, 3.05) is 7.05 Å².